The highest BCUT2D eigenvalue weighted by molar-refractivity contribution is 5.83. The van der Waals surface area contributed by atoms with Gasteiger partial charge in [0, 0.05) is 12.3 Å². The van der Waals surface area contributed by atoms with Crippen LogP contribution in [0.3, 0.4) is 0 Å². The van der Waals surface area contributed by atoms with Crippen LogP contribution in [0, 0.1) is 0 Å². The minimum atomic E-state index is -0.491. The van der Waals surface area contributed by atoms with Crippen LogP contribution in [0.2, 0.25) is 0 Å². The van der Waals surface area contributed by atoms with E-state index in [2.05, 4.69) is 16.9 Å². The van der Waals surface area contributed by atoms with E-state index in [9.17, 15) is 9.59 Å². The fraction of sp³-hybridized carbons (Fsp3) is 0.500. The minimum absolute atomic E-state index is 0.256. The Kier molecular flexibility index (Phi) is 6.88. The summed E-state index contributed by atoms with van der Waals surface area (Å²) < 4.78 is 4.95. The van der Waals surface area contributed by atoms with Gasteiger partial charge in [0.05, 0.1) is 6.54 Å². The van der Waals surface area contributed by atoms with E-state index >= 15 is 0 Å². The van der Waals surface area contributed by atoms with E-state index in [0.29, 0.717) is 6.42 Å². The fourth-order valence-corrected chi connectivity index (χ4v) is 0.846. The van der Waals surface area contributed by atoms with Gasteiger partial charge in [-0.2, -0.15) is 0 Å². The fourth-order valence-electron chi connectivity index (χ4n) is 0.846. The molecule has 0 saturated carbocycles. The molecule has 5 nitrogen and oxygen atoms in total. The van der Waals surface area contributed by atoms with Gasteiger partial charge in [0.1, 0.15) is 6.10 Å². The van der Waals surface area contributed by atoms with E-state index in [1.54, 1.807) is 6.92 Å². The quantitative estimate of drug-likeness (QED) is 0.424. The number of ether oxygens (including phenoxy) is 1. The van der Waals surface area contributed by atoms with Crippen molar-refractivity contribution in [3.63, 3.8) is 0 Å². The van der Waals surface area contributed by atoms with Crippen molar-refractivity contribution in [2.75, 3.05) is 6.54 Å². The van der Waals surface area contributed by atoms with Gasteiger partial charge in [-0.3, -0.25) is 0 Å². The highest BCUT2D eigenvalue weighted by atomic mass is 16.5. The second kappa shape index (κ2) is 7.73. The molecule has 1 N–H and O–H groups in total. The van der Waals surface area contributed by atoms with Gasteiger partial charge in [-0.1, -0.05) is 13.5 Å². The largest absolute Gasteiger partial charge is 0.457 e. The molecular formula is C10H16N2O3. The zero-order chi connectivity index (χ0) is 11.7. The molecule has 0 fully saturated rings. The molecule has 84 valence electrons. The number of hydrogen-bond donors (Lipinski definition) is 1. The number of aliphatic imine (C=N–C) groups is 1. The van der Waals surface area contributed by atoms with E-state index in [-0.39, 0.29) is 12.6 Å². The van der Waals surface area contributed by atoms with Crippen LogP contribution in [-0.4, -0.2) is 30.9 Å². The summed E-state index contributed by atoms with van der Waals surface area (Å²) in [5, 5.41) is 2.52. The van der Waals surface area contributed by atoms with Gasteiger partial charge in [0.25, 0.3) is 0 Å². The number of carbonyl (C=O) groups is 2. The predicted octanol–water partition coefficient (Wildman–Crippen LogP) is 1.29. The number of nitrogens with one attached hydrogen (secondary N) is 1. The molecule has 0 saturated heterocycles. The summed E-state index contributed by atoms with van der Waals surface area (Å²) >= 11 is 0. The third-order valence-corrected chi connectivity index (χ3v) is 1.63. The van der Waals surface area contributed by atoms with E-state index in [1.807, 2.05) is 6.92 Å². The number of esters is 1. The molecule has 1 unspecified atom stereocenters. The molecule has 1 atom stereocenters. The summed E-state index contributed by atoms with van der Waals surface area (Å²) in [6, 6.07) is -0.439. The van der Waals surface area contributed by atoms with Crippen LogP contribution in [0.4, 0.5) is 4.79 Å². The zero-order valence-corrected chi connectivity index (χ0v) is 9.03. The molecule has 0 heterocycles. The average Bonchev–Trinajstić information content (AvgIpc) is 2.24. The Morgan fingerprint density at radius 3 is 2.73 bits per heavy atom. The number of carbonyl (C=O) groups excluding carboxylic acids is 2. The van der Waals surface area contributed by atoms with Crippen molar-refractivity contribution in [1.82, 2.24) is 5.32 Å². The maximum Gasteiger partial charge on any atom is 0.340 e. The molecule has 0 bridgehead atoms. The Hall–Kier alpha value is -1.65. The highest BCUT2D eigenvalue weighted by Gasteiger charge is 2.10. The lowest BCUT2D eigenvalue weighted by atomic mass is 10.3. The van der Waals surface area contributed by atoms with Crippen molar-refractivity contribution in [2.45, 2.75) is 26.4 Å². The second-order valence-electron chi connectivity index (χ2n) is 2.74. The first kappa shape index (κ1) is 13.4. The molecule has 0 radical (unpaired) electrons. The number of urea groups is 1. The normalized spacial score (nSPS) is 12.1. The van der Waals surface area contributed by atoms with Gasteiger partial charge in [0.15, 0.2) is 0 Å². The first-order valence-electron chi connectivity index (χ1n) is 4.73. The maximum absolute atomic E-state index is 10.9. The molecule has 0 aromatic carbocycles. The Morgan fingerprint density at radius 1 is 1.60 bits per heavy atom. The Morgan fingerprint density at radius 2 is 2.27 bits per heavy atom. The number of hydrogen-bond acceptors (Lipinski definition) is 3. The monoisotopic (exact) mass is 212 g/mol. The van der Waals surface area contributed by atoms with Crippen LogP contribution in [0.1, 0.15) is 20.3 Å². The number of nitrogens with zero attached hydrogens (tertiary/aromatic N) is 1. The molecule has 0 aromatic rings. The molecule has 0 aliphatic carbocycles. The molecule has 0 rings (SSSR count). The summed E-state index contributed by atoms with van der Waals surface area (Å²) in [5.74, 6) is -0.491. The number of amides is 2. The van der Waals surface area contributed by atoms with Crippen LogP contribution < -0.4 is 5.32 Å². The minimum Gasteiger partial charge on any atom is -0.457 e. The SMILES string of the molecule is C=CC(=O)OC(CC)CNC(=O)N=CC. The van der Waals surface area contributed by atoms with Crippen molar-refractivity contribution < 1.29 is 14.3 Å². The first-order chi connectivity index (χ1) is 7.13. The lowest BCUT2D eigenvalue weighted by molar-refractivity contribution is -0.142. The molecule has 15 heavy (non-hydrogen) atoms. The van der Waals surface area contributed by atoms with E-state index in [0.717, 1.165) is 6.08 Å². The van der Waals surface area contributed by atoms with Crippen LogP contribution >= 0.6 is 0 Å². The van der Waals surface area contributed by atoms with Crippen LogP contribution in [0.15, 0.2) is 17.6 Å². The summed E-state index contributed by atoms with van der Waals surface area (Å²) in [6.45, 7) is 7.05. The summed E-state index contributed by atoms with van der Waals surface area (Å²) in [4.78, 5) is 25.3. The topological polar surface area (TPSA) is 67.8 Å². The molecular weight excluding hydrogens is 196 g/mol. The Bertz CT molecular complexity index is 261. The van der Waals surface area contributed by atoms with E-state index in [4.69, 9.17) is 4.74 Å². The van der Waals surface area contributed by atoms with Crippen molar-refractivity contribution >= 4 is 18.2 Å². The molecule has 0 aliphatic rings. The number of rotatable bonds is 5. The highest BCUT2D eigenvalue weighted by Crippen LogP contribution is 1.97. The third-order valence-electron chi connectivity index (χ3n) is 1.63. The van der Waals surface area contributed by atoms with Crippen LogP contribution in [0.5, 0.6) is 0 Å². The molecule has 0 aromatic heterocycles. The lowest BCUT2D eigenvalue weighted by Crippen LogP contribution is -2.32. The predicted molar refractivity (Wildman–Crippen MR) is 57.9 cm³/mol. The second-order valence-corrected chi connectivity index (χ2v) is 2.74. The first-order valence-corrected chi connectivity index (χ1v) is 4.73. The molecule has 2 amide bonds. The smallest absolute Gasteiger partial charge is 0.340 e. The van der Waals surface area contributed by atoms with Gasteiger partial charge < -0.3 is 10.1 Å². The zero-order valence-electron chi connectivity index (χ0n) is 9.03. The van der Waals surface area contributed by atoms with Gasteiger partial charge in [-0.25, -0.2) is 14.6 Å². The maximum atomic E-state index is 10.9. The van der Waals surface area contributed by atoms with Crippen molar-refractivity contribution in [3.8, 4) is 0 Å². The van der Waals surface area contributed by atoms with E-state index in [1.165, 1.54) is 6.21 Å². The van der Waals surface area contributed by atoms with Gasteiger partial charge in [0.2, 0.25) is 0 Å². The molecule has 0 spiro atoms. The summed E-state index contributed by atoms with van der Waals surface area (Å²) in [6.07, 6.45) is 2.77. The summed E-state index contributed by atoms with van der Waals surface area (Å²) in [5.41, 5.74) is 0. The van der Waals surface area contributed by atoms with Crippen LogP contribution in [-0.2, 0) is 9.53 Å². The Balaban J connectivity index is 3.94. The summed E-state index contributed by atoms with van der Waals surface area (Å²) in [7, 11) is 0. The molecule has 0 aliphatic heterocycles. The lowest BCUT2D eigenvalue weighted by Gasteiger charge is -2.14. The van der Waals surface area contributed by atoms with Crippen molar-refractivity contribution in [2.24, 2.45) is 4.99 Å². The van der Waals surface area contributed by atoms with Gasteiger partial charge >= 0.3 is 12.0 Å². The van der Waals surface area contributed by atoms with Crippen molar-refractivity contribution in [1.29, 1.82) is 0 Å². The van der Waals surface area contributed by atoms with Crippen molar-refractivity contribution in [3.05, 3.63) is 12.7 Å². The standard InChI is InChI=1S/C10H16N2O3/c1-4-8(15-9(13)5-2)7-12-10(14)11-6-3/h5-6,8H,2,4,7H2,1,3H3,(H,12,14). The van der Waals surface area contributed by atoms with Gasteiger partial charge in [-0.15, -0.1) is 0 Å². The Labute approximate surface area is 89.2 Å². The van der Waals surface area contributed by atoms with Gasteiger partial charge in [-0.05, 0) is 13.3 Å². The van der Waals surface area contributed by atoms with Crippen LogP contribution in [0.25, 0.3) is 0 Å². The molecule has 5 heteroatoms. The average molecular weight is 212 g/mol. The van der Waals surface area contributed by atoms with E-state index < -0.39 is 12.0 Å². The third kappa shape index (κ3) is 6.42.